The van der Waals surface area contributed by atoms with Gasteiger partial charge in [0.1, 0.15) is 0 Å². The zero-order valence-electron chi connectivity index (χ0n) is 6.21. The van der Waals surface area contributed by atoms with Crippen LogP contribution in [-0.2, 0) is 0 Å². The molecular formula is C8H9FS2. The number of alkyl halides is 1. The maximum absolute atomic E-state index is 12.9. The normalized spacial score (nSPS) is 25.1. The molecule has 0 N–H and O–H groups in total. The van der Waals surface area contributed by atoms with E-state index in [1.807, 2.05) is 19.1 Å². The standard InChI is InChI=1S/C8H9FS2/c1-3-5-7-6(4-2)8(9)11-10-7/h3-5,8H,2H2,1H3/b5-3-. The van der Waals surface area contributed by atoms with Crippen molar-refractivity contribution in [2.75, 3.05) is 0 Å². The molecule has 1 rings (SSSR count). The molecule has 0 aliphatic carbocycles. The molecule has 0 amide bonds. The van der Waals surface area contributed by atoms with Crippen molar-refractivity contribution in [2.45, 2.75) is 12.4 Å². The monoisotopic (exact) mass is 188 g/mol. The van der Waals surface area contributed by atoms with Crippen molar-refractivity contribution in [1.82, 2.24) is 0 Å². The van der Waals surface area contributed by atoms with Gasteiger partial charge in [-0.2, -0.15) is 0 Å². The molecule has 0 nitrogen and oxygen atoms in total. The lowest BCUT2D eigenvalue weighted by Crippen LogP contribution is -1.89. The lowest BCUT2D eigenvalue weighted by molar-refractivity contribution is 0.511. The van der Waals surface area contributed by atoms with Crippen molar-refractivity contribution in [1.29, 1.82) is 0 Å². The molecule has 0 fully saturated rings. The van der Waals surface area contributed by atoms with E-state index in [4.69, 9.17) is 0 Å². The Kier molecular flexibility index (Phi) is 3.27. The second-order valence-electron chi connectivity index (χ2n) is 2.02. The van der Waals surface area contributed by atoms with Crippen LogP contribution in [0.15, 0.2) is 35.3 Å². The van der Waals surface area contributed by atoms with Gasteiger partial charge in [-0.25, -0.2) is 4.39 Å². The zero-order chi connectivity index (χ0) is 8.27. The van der Waals surface area contributed by atoms with Gasteiger partial charge in [-0.05, 0) is 17.7 Å². The molecule has 60 valence electrons. The first-order valence-electron chi connectivity index (χ1n) is 3.26. The summed E-state index contributed by atoms with van der Waals surface area (Å²) in [5, 5.41) is 0. The van der Waals surface area contributed by atoms with Crippen LogP contribution in [-0.4, -0.2) is 5.50 Å². The molecule has 1 heterocycles. The molecular weight excluding hydrogens is 179 g/mol. The molecule has 1 atom stereocenters. The SMILES string of the molecule is C=CC1=C(/C=C\C)SSC1F. The molecule has 1 aliphatic rings. The van der Waals surface area contributed by atoms with Gasteiger partial charge in [-0.3, -0.25) is 0 Å². The van der Waals surface area contributed by atoms with Gasteiger partial charge >= 0.3 is 0 Å². The first-order valence-corrected chi connectivity index (χ1v) is 5.47. The lowest BCUT2D eigenvalue weighted by Gasteiger charge is -1.95. The van der Waals surface area contributed by atoms with Crippen molar-refractivity contribution in [3.8, 4) is 0 Å². The number of hydrogen-bond donors (Lipinski definition) is 0. The van der Waals surface area contributed by atoms with Crippen molar-refractivity contribution in [3.05, 3.63) is 35.3 Å². The van der Waals surface area contributed by atoms with E-state index >= 15 is 0 Å². The lowest BCUT2D eigenvalue weighted by atomic mass is 10.2. The van der Waals surface area contributed by atoms with E-state index in [9.17, 15) is 4.39 Å². The highest BCUT2D eigenvalue weighted by molar-refractivity contribution is 8.78. The Morgan fingerprint density at radius 2 is 2.36 bits per heavy atom. The average Bonchev–Trinajstić information content (AvgIpc) is 2.33. The van der Waals surface area contributed by atoms with E-state index in [1.165, 1.54) is 21.6 Å². The first-order chi connectivity index (χ1) is 5.29. The summed E-state index contributed by atoms with van der Waals surface area (Å²) in [7, 11) is 2.70. The Bertz CT molecular complexity index is 218. The van der Waals surface area contributed by atoms with Crippen LogP contribution in [0.2, 0.25) is 0 Å². The van der Waals surface area contributed by atoms with Gasteiger partial charge in [0.25, 0.3) is 0 Å². The molecule has 1 aliphatic heterocycles. The number of hydrogen-bond acceptors (Lipinski definition) is 2. The number of halogens is 1. The largest absolute Gasteiger partial charge is 0.229 e. The van der Waals surface area contributed by atoms with Crippen LogP contribution >= 0.6 is 21.6 Å². The average molecular weight is 188 g/mol. The predicted molar refractivity (Wildman–Crippen MR) is 52.1 cm³/mol. The highest BCUT2D eigenvalue weighted by Gasteiger charge is 2.22. The summed E-state index contributed by atoms with van der Waals surface area (Å²) >= 11 is 0. The zero-order valence-corrected chi connectivity index (χ0v) is 7.84. The van der Waals surface area contributed by atoms with Gasteiger partial charge in [0.2, 0.25) is 0 Å². The van der Waals surface area contributed by atoms with E-state index < -0.39 is 5.50 Å². The summed E-state index contributed by atoms with van der Waals surface area (Å²) in [5.74, 6) is 0. The van der Waals surface area contributed by atoms with Gasteiger partial charge in [0.15, 0.2) is 5.50 Å². The molecule has 1 unspecified atom stereocenters. The maximum atomic E-state index is 12.9. The molecule has 0 saturated carbocycles. The van der Waals surface area contributed by atoms with Crippen LogP contribution in [0.1, 0.15) is 6.92 Å². The third-order valence-electron chi connectivity index (χ3n) is 1.29. The fraction of sp³-hybridized carbons (Fsp3) is 0.250. The number of allylic oxidation sites excluding steroid dienone is 3. The third-order valence-corrected chi connectivity index (χ3v) is 3.69. The molecule has 0 spiro atoms. The molecule has 0 radical (unpaired) electrons. The highest BCUT2D eigenvalue weighted by Crippen LogP contribution is 2.48. The second kappa shape index (κ2) is 4.02. The van der Waals surface area contributed by atoms with Crippen molar-refractivity contribution < 1.29 is 4.39 Å². The van der Waals surface area contributed by atoms with Crippen LogP contribution in [0.3, 0.4) is 0 Å². The minimum atomic E-state index is -0.899. The Balaban J connectivity index is 2.88. The van der Waals surface area contributed by atoms with E-state index in [0.717, 1.165) is 4.91 Å². The smallest absolute Gasteiger partial charge is 0.182 e. The predicted octanol–water partition coefficient (Wildman–Crippen LogP) is 3.69. The quantitative estimate of drug-likeness (QED) is 0.606. The minimum absolute atomic E-state index is 0.707. The molecule has 0 aromatic heterocycles. The van der Waals surface area contributed by atoms with E-state index in [-0.39, 0.29) is 0 Å². The first kappa shape index (κ1) is 8.94. The van der Waals surface area contributed by atoms with Crippen LogP contribution in [0, 0.1) is 0 Å². The van der Waals surface area contributed by atoms with Gasteiger partial charge in [-0.15, -0.1) is 0 Å². The Morgan fingerprint density at radius 1 is 1.64 bits per heavy atom. The molecule has 11 heavy (non-hydrogen) atoms. The molecule has 0 aromatic carbocycles. The fourth-order valence-electron chi connectivity index (χ4n) is 0.774. The van der Waals surface area contributed by atoms with Crippen LogP contribution < -0.4 is 0 Å². The highest BCUT2D eigenvalue weighted by atomic mass is 33.1. The minimum Gasteiger partial charge on any atom is -0.229 e. The van der Waals surface area contributed by atoms with E-state index in [1.54, 1.807) is 6.08 Å². The third kappa shape index (κ3) is 1.91. The van der Waals surface area contributed by atoms with Crippen LogP contribution in [0.5, 0.6) is 0 Å². The maximum Gasteiger partial charge on any atom is 0.182 e. The van der Waals surface area contributed by atoms with Gasteiger partial charge < -0.3 is 0 Å². The molecule has 3 heteroatoms. The van der Waals surface area contributed by atoms with E-state index in [0.29, 0.717) is 5.57 Å². The van der Waals surface area contributed by atoms with E-state index in [2.05, 4.69) is 6.58 Å². The summed E-state index contributed by atoms with van der Waals surface area (Å²) in [6.45, 7) is 5.49. The van der Waals surface area contributed by atoms with Crippen molar-refractivity contribution in [3.63, 3.8) is 0 Å². The fourth-order valence-corrected chi connectivity index (χ4v) is 3.17. The summed E-state index contributed by atoms with van der Waals surface area (Å²) in [6, 6.07) is 0. The Hall–Kier alpha value is -0.150. The second-order valence-corrected chi connectivity index (χ2v) is 4.31. The summed E-state index contributed by atoms with van der Waals surface area (Å²) in [6.07, 6.45) is 5.41. The van der Waals surface area contributed by atoms with Crippen LogP contribution in [0.4, 0.5) is 4.39 Å². The Labute approximate surface area is 74.0 Å². The molecule has 0 aromatic rings. The van der Waals surface area contributed by atoms with Crippen LogP contribution in [0.25, 0.3) is 0 Å². The van der Waals surface area contributed by atoms with Crippen molar-refractivity contribution >= 4 is 21.6 Å². The summed E-state index contributed by atoms with van der Waals surface area (Å²) in [4.78, 5) is 0.986. The number of rotatable bonds is 2. The summed E-state index contributed by atoms with van der Waals surface area (Å²) < 4.78 is 12.9. The van der Waals surface area contributed by atoms with Gasteiger partial charge in [0.05, 0.1) is 0 Å². The van der Waals surface area contributed by atoms with Gasteiger partial charge in [-0.1, -0.05) is 35.6 Å². The Morgan fingerprint density at radius 3 is 2.91 bits per heavy atom. The van der Waals surface area contributed by atoms with Crippen molar-refractivity contribution in [2.24, 2.45) is 0 Å². The van der Waals surface area contributed by atoms with Gasteiger partial charge in [0, 0.05) is 10.5 Å². The molecule has 0 saturated heterocycles. The topological polar surface area (TPSA) is 0 Å². The summed E-state index contributed by atoms with van der Waals surface area (Å²) in [5.41, 5.74) is -0.193. The molecule has 0 bridgehead atoms.